The van der Waals surface area contributed by atoms with Gasteiger partial charge in [0, 0.05) is 38.8 Å². The van der Waals surface area contributed by atoms with Gasteiger partial charge in [-0.3, -0.25) is 9.80 Å². The molecule has 0 amide bonds. The number of nitrogens with one attached hydrogen (secondary N) is 1. The molecule has 2 saturated heterocycles. The Balaban J connectivity index is 1.77. The van der Waals surface area contributed by atoms with Crippen LogP contribution in [0.1, 0.15) is 20.3 Å². The molecule has 2 aliphatic heterocycles. The topological polar surface area (TPSA) is 27.7 Å². The molecule has 100 valence electrons. The van der Waals surface area contributed by atoms with E-state index < -0.39 is 0 Å². The van der Waals surface area contributed by atoms with Crippen LogP contribution in [-0.2, 0) is 4.74 Å². The van der Waals surface area contributed by atoms with E-state index in [9.17, 15) is 0 Å². The summed E-state index contributed by atoms with van der Waals surface area (Å²) in [5, 5.41) is 3.45. The Labute approximate surface area is 105 Å². The fourth-order valence-electron chi connectivity index (χ4n) is 2.69. The Bertz CT molecular complexity index is 215. The molecule has 0 bridgehead atoms. The van der Waals surface area contributed by atoms with Crippen LogP contribution in [0.4, 0.5) is 0 Å². The van der Waals surface area contributed by atoms with Gasteiger partial charge in [-0.15, -0.1) is 0 Å². The molecule has 1 atom stereocenters. The maximum absolute atomic E-state index is 5.90. The van der Waals surface area contributed by atoms with Crippen LogP contribution in [0.3, 0.4) is 0 Å². The molecule has 2 fully saturated rings. The number of nitrogens with zero attached hydrogens (tertiary/aromatic N) is 2. The summed E-state index contributed by atoms with van der Waals surface area (Å²) in [5.74, 6) is 0. The zero-order valence-corrected chi connectivity index (χ0v) is 11.3. The molecular weight excluding hydrogens is 214 g/mol. The first-order chi connectivity index (χ1) is 8.25. The molecule has 0 saturated carbocycles. The molecule has 0 aromatic rings. The highest BCUT2D eigenvalue weighted by Gasteiger charge is 2.24. The summed E-state index contributed by atoms with van der Waals surface area (Å²) >= 11 is 0. The molecule has 2 aliphatic rings. The number of morpholine rings is 1. The summed E-state index contributed by atoms with van der Waals surface area (Å²) in [6.07, 6.45) is 1.67. The van der Waals surface area contributed by atoms with Crippen LogP contribution in [0, 0.1) is 0 Å². The highest BCUT2D eigenvalue weighted by atomic mass is 16.5. The largest absolute Gasteiger partial charge is 0.374 e. The molecule has 0 spiro atoms. The van der Waals surface area contributed by atoms with E-state index in [1.165, 1.54) is 26.1 Å². The third kappa shape index (κ3) is 4.21. The lowest BCUT2D eigenvalue weighted by Gasteiger charge is -2.37. The second kappa shape index (κ2) is 6.69. The maximum Gasteiger partial charge on any atom is 0.0829 e. The standard InChI is InChI=1S/C13H27N3O/c1-12(2)16-8-9-17-13(11-16)10-15-6-3-4-14-5-7-15/h12-14H,3-11H2,1-2H3. The molecule has 0 aliphatic carbocycles. The minimum Gasteiger partial charge on any atom is -0.374 e. The van der Waals surface area contributed by atoms with Gasteiger partial charge >= 0.3 is 0 Å². The van der Waals surface area contributed by atoms with Crippen molar-refractivity contribution in [2.24, 2.45) is 0 Å². The summed E-state index contributed by atoms with van der Waals surface area (Å²) in [7, 11) is 0. The summed E-state index contributed by atoms with van der Waals surface area (Å²) < 4.78 is 5.90. The van der Waals surface area contributed by atoms with Gasteiger partial charge in [-0.1, -0.05) is 0 Å². The second-order valence-electron chi connectivity index (χ2n) is 5.49. The van der Waals surface area contributed by atoms with E-state index in [2.05, 4.69) is 29.0 Å². The Hall–Kier alpha value is -0.160. The minimum absolute atomic E-state index is 0.407. The van der Waals surface area contributed by atoms with E-state index >= 15 is 0 Å². The van der Waals surface area contributed by atoms with Gasteiger partial charge in [0.2, 0.25) is 0 Å². The van der Waals surface area contributed by atoms with E-state index in [0.29, 0.717) is 12.1 Å². The van der Waals surface area contributed by atoms with Gasteiger partial charge in [0.15, 0.2) is 0 Å². The van der Waals surface area contributed by atoms with E-state index in [0.717, 1.165) is 32.8 Å². The van der Waals surface area contributed by atoms with Crippen molar-refractivity contribution >= 4 is 0 Å². The summed E-state index contributed by atoms with van der Waals surface area (Å²) in [4.78, 5) is 5.08. The first kappa shape index (κ1) is 13.3. The molecule has 2 heterocycles. The number of hydrogen-bond acceptors (Lipinski definition) is 4. The number of rotatable bonds is 3. The molecule has 17 heavy (non-hydrogen) atoms. The third-order valence-corrected chi connectivity index (χ3v) is 3.80. The molecule has 4 heteroatoms. The van der Waals surface area contributed by atoms with Crippen LogP contribution in [0.25, 0.3) is 0 Å². The second-order valence-corrected chi connectivity index (χ2v) is 5.49. The van der Waals surface area contributed by atoms with E-state index in [4.69, 9.17) is 4.74 Å². The van der Waals surface area contributed by atoms with E-state index in [-0.39, 0.29) is 0 Å². The quantitative estimate of drug-likeness (QED) is 0.774. The van der Waals surface area contributed by atoms with Crippen LogP contribution in [-0.4, -0.2) is 74.4 Å². The average Bonchev–Trinajstić information content (AvgIpc) is 2.58. The van der Waals surface area contributed by atoms with E-state index in [1.54, 1.807) is 0 Å². The Morgan fingerprint density at radius 1 is 1.24 bits per heavy atom. The summed E-state index contributed by atoms with van der Waals surface area (Å²) in [6, 6.07) is 0.646. The Morgan fingerprint density at radius 2 is 2.12 bits per heavy atom. The van der Waals surface area contributed by atoms with E-state index in [1.807, 2.05) is 0 Å². The fraction of sp³-hybridized carbons (Fsp3) is 1.00. The highest BCUT2D eigenvalue weighted by molar-refractivity contribution is 4.78. The number of hydrogen-bond donors (Lipinski definition) is 1. The van der Waals surface area contributed by atoms with Crippen molar-refractivity contribution in [2.75, 3.05) is 52.4 Å². The monoisotopic (exact) mass is 241 g/mol. The zero-order chi connectivity index (χ0) is 12.1. The maximum atomic E-state index is 5.90. The van der Waals surface area contributed by atoms with Crippen LogP contribution < -0.4 is 5.32 Å². The van der Waals surface area contributed by atoms with Crippen molar-refractivity contribution in [3.63, 3.8) is 0 Å². The molecule has 1 unspecified atom stereocenters. The Morgan fingerprint density at radius 3 is 2.94 bits per heavy atom. The molecule has 2 rings (SSSR count). The van der Waals surface area contributed by atoms with Gasteiger partial charge in [-0.25, -0.2) is 0 Å². The van der Waals surface area contributed by atoms with Gasteiger partial charge in [-0.05, 0) is 33.4 Å². The van der Waals surface area contributed by atoms with Gasteiger partial charge in [-0.2, -0.15) is 0 Å². The average molecular weight is 241 g/mol. The minimum atomic E-state index is 0.407. The lowest BCUT2D eigenvalue weighted by atomic mass is 10.2. The molecule has 0 radical (unpaired) electrons. The molecule has 1 N–H and O–H groups in total. The van der Waals surface area contributed by atoms with Crippen molar-refractivity contribution < 1.29 is 4.74 Å². The van der Waals surface area contributed by atoms with Crippen molar-refractivity contribution in [1.29, 1.82) is 0 Å². The molecule has 0 aromatic heterocycles. The highest BCUT2D eigenvalue weighted by Crippen LogP contribution is 2.10. The van der Waals surface area contributed by atoms with Gasteiger partial charge in [0.25, 0.3) is 0 Å². The van der Waals surface area contributed by atoms with Crippen molar-refractivity contribution in [3.8, 4) is 0 Å². The summed E-state index contributed by atoms with van der Waals surface area (Å²) in [6.45, 7) is 13.4. The Kier molecular flexibility index (Phi) is 5.22. The third-order valence-electron chi connectivity index (χ3n) is 3.80. The lowest BCUT2D eigenvalue weighted by Crippen LogP contribution is -2.50. The van der Waals surface area contributed by atoms with Gasteiger partial charge in [0.1, 0.15) is 0 Å². The summed E-state index contributed by atoms with van der Waals surface area (Å²) in [5.41, 5.74) is 0. The first-order valence-corrected chi connectivity index (χ1v) is 7.04. The molecule has 0 aromatic carbocycles. The van der Waals surface area contributed by atoms with Crippen molar-refractivity contribution in [3.05, 3.63) is 0 Å². The van der Waals surface area contributed by atoms with Crippen LogP contribution in [0.2, 0.25) is 0 Å². The van der Waals surface area contributed by atoms with Crippen LogP contribution in [0.15, 0.2) is 0 Å². The van der Waals surface area contributed by atoms with Gasteiger partial charge < -0.3 is 10.1 Å². The first-order valence-electron chi connectivity index (χ1n) is 7.04. The smallest absolute Gasteiger partial charge is 0.0829 e. The van der Waals surface area contributed by atoms with Crippen molar-refractivity contribution in [1.82, 2.24) is 15.1 Å². The van der Waals surface area contributed by atoms with Gasteiger partial charge in [0.05, 0.1) is 12.7 Å². The normalized spacial score (nSPS) is 29.5. The van der Waals surface area contributed by atoms with Crippen molar-refractivity contribution in [2.45, 2.75) is 32.4 Å². The van der Waals surface area contributed by atoms with Crippen LogP contribution in [0.5, 0.6) is 0 Å². The predicted octanol–water partition coefficient (Wildman–Crippen LogP) is 0.391. The molecular formula is C13H27N3O. The number of ether oxygens (including phenoxy) is 1. The zero-order valence-electron chi connectivity index (χ0n) is 11.3. The van der Waals surface area contributed by atoms with Crippen LogP contribution >= 0.6 is 0 Å². The predicted molar refractivity (Wildman–Crippen MR) is 70.4 cm³/mol. The fourth-order valence-corrected chi connectivity index (χ4v) is 2.69. The molecule has 4 nitrogen and oxygen atoms in total. The SMILES string of the molecule is CC(C)N1CCOC(CN2CCCNCC2)C1. The lowest BCUT2D eigenvalue weighted by molar-refractivity contribution is -0.0514.